The van der Waals surface area contributed by atoms with Gasteiger partial charge in [0.05, 0.1) is 0 Å². The third-order valence-corrected chi connectivity index (χ3v) is 4.47. The first-order chi connectivity index (χ1) is 15.4. The summed E-state index contributed by atoms with van der Waals surface area (Å²) in [6.45, 7) is 1.76. The first kappa shape index (κ1) is 22.1. The van der Waals surface area contributed by atoms with Crippen molar-refractivity contribution < 1.29 is 19.4 Å². The Labute approximate surface area is 185 Å². The first-order valence-corrected chi connectivity index (χ1v) is 9.75. The number of hydrogen-bond acceptors (Lipinski definition) is 5. The highest BCUT2D eigenvalue weighted by Crippen LogP contribution is 2.18. The van der Waals surface area contributed by atoms with Gasteiger partial charge in [-0.3, -0.25) is 9.59 Å². The van der Waals surface area contributed by atoms with Crippen LogP contribution >= 0.6 is 0 Å². The van der Waals surface area contributed by atoms with Crippen LogP contribution in [0.2, 0.25) is 0 Å². The third kappa shape index (κ3) is 6.21. The van der Waals surface area contributed by atoms with E-state index in [9.17, 15) is 20.0 Å². The fraction of sp³-hybridized carbons (Fsp3) is 0.0800. The second-order valence-corrected chi connectivity index (χ2v) is 6.89. The average molecular weight is 427 g/mol. The molecule has 2 amide bonds. The Morgan fingerprint density at radius 1 is 1.00 bits per heavy atom. The number of hydrogen-bond donors (Lipinski definition) is 3. The number of carbonyl (C=O) groups is 2. The summed E-state index contributed by atoms with van der Waals surface area (Å²) < 4.78 is 5.50. The van der Waals surface area contributed by atoms with Crippen LogP contribution in [0.1, 0.15) is 11.1 Å². The van der Waals surface area contributed by atoms with Gasteiger partial charge in [0.25, 0.3) is 11.8 Å². The summed E-state index contributed by atoms with van der Waals surface area (Å²) in [4.78, 5) is 24.4. The lowest BCUT2D eigenvalue weighted by molar-refractivity contribution is -0.118. The Balaban J connectivity index is 1.57. The number of carbonyl (C=O) groups excluding carboxylic acids is 2. The number of aryl methyl sites for hydroxylation is 1. The third-order valence-electron chi connectivity index (χ3n) is 4.47. The fourth-order valence-corrected chi connectivity index (χ4v) is 2.77. The number of phenolic OH excluding ortho intramolecular Hbond substituents is 1. The number of phenols is 1. The van der Waals surface area contributed by atoms with Crippen molar-refractivity contribution in [3.05, 3.63) is 89.5 Å². The lowest BCUT2D eigenvalue weighted by Gasteiger charge is -2.09. The molecule has 0 heterocycles. The Hall–Kier alpha value is -4.57. The van der Waals surface area contributed by atoms with Gasteiger partial charge >= 0.3 is 0 Å². The molecule has 0 atom stereocenters. The topological polar surface area (TPSA) is 111 Å². The van der Waals surface area contributed by atoms with Gasteiger partial charge in [0.1, 0.15) is 23.1 Å². The molecule has 0 unspecified atom stereocenters. The van der Waals surface area contributed by atoms with Crippen molar-refractivity contribution >= 4 is 29.3 Å². The molecule has 7 heteroatoms. The van der Waals surface area contributed by atoms with Crippen LogP contribution in [0.25, 0.3) is 6.08 Å². The standard InChI is InChI=1S/C25H21N3O4/c1-17-4-2-3-5-23(17)28-24(30)16-32-22-12-6-18(7-13-22)14-19(15-26)25(31)27-20-8-10-21(29)11-9-20/h2-14,29H,16H2,1H3,(H,27,31)(H,28,30)/b19-14+. The summed E-state index contributed by atoms with van der Waals surface area (Å²) >= 11 is 0. The van der Waals surface area contributed by atoms with Crippen LogP contribution < -0.4 is 15.4 Å². The number of aromatic hydroxyl groups is 1. The van der Waals surface area contributed by atoms with Gasteiger partial charge in [-0.25, -0.2) is 0 Å². The molecule has 3 aromatic carbocycles. The summed E-state index contributed by atoms with van der Waals surface area (Å²) in [7, 11) is 0. The minimum absolute atomic E-state index is 0.0778. The van der Waals surface area contributed by atoms with Gasteiger partial charge in [0.15, 0.2) is 6.61 Å². The van der Waals surface area contributed by atoms with E-state index >= 15 is 0 Å². The minimum Gasteiger partial charge on any atom is -0.508 e. The van der Waals surface area contributed by atoms with Crippen LogP contribution in [0.5, 0.6) is 11.5 Å². The number of para-hydroxylation sites is 1. The maximum atomic E-state index is 12.3. The van der Waals surface area contributed by atoms with Gasteiger partial charge < -0.3 is 20.5 Å². The second kappa shape index (κ2) is 10.5. The van der Waals surface area contributed by atoms with Crippen molar-refractivity contribution in [1.82, 2.24) is 0 Å². The zero-order valence-electron chi connectivity index (χ0n) is 17.3. The van der Waals surface area contributed by atoms with Crippen LogP contribution in [0.4, 0.5) is 11.4 Å². The van der Waals surface area contributed by atoms with Gasteiger partial charge in [-0.1, -0.05) is 30.3 Å². The Morgan fingerprint density at radius 3 is 2.34 bits per heavy atom. The van der Waals surface area contributed by atoms with Crippen LogP contribution in [-0.4, -0.2) is 23.5 Å². The maximum absolute atomic E-state index is 12.3. The molecule has 0 radical (unpaired) electrons. The number of anilines is 2. The summed E-state index contributed by atoms with van der Waals surface area (Å²) in [6.07, 6.45) is 1.45. The first-order valence-electron chi connectivity index (χ1n) is 9.75. The number of benzene rings is 3. The maximum Gasteiger partial charge on any atom is 0.266 e. The molecule has 32 heavy (non-hydrogen) atoms. The highest BCUT2D eigenvalue weighted by Gasteiger charge is 2.10. The summed E-state index contributed by atoms with van der Waals surface area (Å²) in [5, 5.41) is 24.0. The van der Waals surface area contributed by atoms with Crippen LogP contribution in [-0.2, 0) is 9.59 Å². The molecule has 0 fully saturated rings. The zero-order valence-corrected chi connectivity index (χ0v) is 17.3. The van der Waals surface area contributed by atoms with E-state index in [-0.39, 0.29) is 23.8 Å². The van der Waals surface area contributed by atoms with E-state index < -0.39 is 5.91 Å². The molecule has 160 valence electrons. The molecule has 7 nitrogen and oxygen atoms in total. The zero-order chi connectivity index (χ0) is 22.9. The van der Waals surface area contributed by atoms with Crippen molar-refractivity contribution in [2.75, 3.05) is 17.2 Å². The quantitative estimate of drug-likeness (QED) is 0.296. The Kier molecular flexibility index (Phi) is 7.23. The van der Waals surface area contributed by atoms with E-state index in [1.165, 1.54) is 30.3 Å². The van der Waals surface area contributed by atoms with Gasteiger partial charge in [-0.2, -0.15) is 5.26 Å². The number of nitrogens with one attached hydrogen (secondary N) is 2. The minimum atomic E-state index is -0.564. The molecule has 0 aliphatic heterocycles. The van der Waals surface area contributed by atoms with E-state index in [2.05, 4.69) is 10.6 Å². The van der Waals surface area contributed by atoms with Crippen molar-refractivity contribution in [2.45, 2.75) is 6.92 Å². The Morgan fingerprint density at radius 2 is 1.69 bits per heavy atom. The fourth-order valence-electron chi connectivity index (χ4n) is 2.77. The molecule has 3 rings (SSSR count). The van der Waals surface area contributed by atoms with Crippen molar-refractivity contribution in [1.29, 1.82) is 5.26 Å². The summed E-state index contributed by atoms with van der Waals surface area (Å²) in [5.74, 6) is -0.282. The molecule has 0 aliphatic carbocycles. The van der Waals surface area contributed by atoms with Gasteiger partial charge in [-0.05, 0) is 66.6 Å². The van der Waals surface area contributed by atoms with E-state index in [4.69, 9.17) is 4.74 Å². The normalized spacial score (nSPS) is 10.7. The summed E-state index contributed by atoms with van der Waals surface area (Å²) in [5.41, 5.74) is 2.70. The van der Waals surface area contributed by atoms with Crippen LogP contribution in [0, 0.1) is 18.3 Å². The number of nitrogens with zero attached hydrogens (tertiary/aromatic N) is 1. The number of nitriles is 1. The van der Waals surface area contributed by atoms with Crippen molar-refractivity contribution in [3.8, 4) is 17.6 Å². The van der Waals surface area contributed by atoms with E-state index in [1.807, 2.05) is 37.3 Å². The predicted molar refractivity (Wildman–Crippen MR) is 122 cm³/mol. The highest BCUT2D eigenvalue weighted by atomic mass is 16.5. The molecule has 0 saturated heterocycles. The molecule has 0 aromatic heterocycles. The van der Waals surface area contributed by atoms with E-state index in [1.54, 1.807) is 24.3 Å². The molecule has 0 aliphatic rings. The number of amides is 2. The smallest absolute Gasteiger partial charge is 0.266 e. The van der Waals surface area contributed by atoms with Crippen molar-refractivity contribution in [3.63, 3.8) is 0 Å². The summed E-state index contributed by atoms with van der Waals surface area (Å²) in [6, 6.07) is 21.9. The molecule has 0 saturated carbocycles. The largest absolute Gasteiger partial charge is 0.508 e. The molecular weight excluding hydrogens is 406 g/mol. The van der Waals surface area contributed by atoms with Crippen molar-refractivity contribution in [2.24, 2.45) is 0 Å². The van der Waals surface area contributed by atoms with Crippen LogP contribution in [0.3, 0.4) is 0 Å². The number of rotatable bonds is 7. The SMILES string of the molecule is Cc1ccccc1NC(=O)COc1ccc(/C=C(\C#N)C(=O)Nc2ccc(O)cc2)cc1. The van der Waals surface area contributed by atoms with Gasteiger partial charge in [0.2, 0.25) is 0 Å². The molecule has 0 bridgehead atoms. The van der Waals surface area contributed by atoms with E-state index in [0.717, 1.165) is 11.3 Å². The van der Waals surface area contributed by atoms with Crippen LogP contribution in [0.15, 0.2) is 78.4 Å². The van der Waals surface area contributed by atoms with E-state index in [0.29, 0.717) is 17.0 Å². The second-order valence-electron chi connectivity index (χ2n) is 6.89. The average Bonchev–Trinajstić information content (AvgIpc) is 2.80. The molecule has 0 spiro atoms. The molecule has 3 N–H and O–H groups in total. The lowest BCUT2D eigenvalue weighted by atomic mass is 10.1. The van der Waals surface area contributed by atoms with Gasteiger partial charge in [0, 0.05) is 11.4 Å². The predicted octanol–water partition coefficient (Wildman–Crippen LogP) is 4.26. The monoisotopic (exact) mass is 427 g/mol. The molecular formula is C25H21N3O4. The molecule has 3 aromatic rings. The lowest BCUT2D eigenvalue weighted by Crippen LogP contribution is -2.20. The number of ether oxygens (including phenoxy) is 1. The van der Waals surface area contributed by atoms with Gasteiger partial charge in [-0.15, -0.1) is 0 Å². The Bertz CT molecular complexity index is 1180. The highest BCUT2D eigenvalue weighted by molar-refractivity contribution is 6.09.